The number of hydrogen-bond donors (Lipinski definition) is 0. The maximum absolute atomic E-state index is 3.54. The van der Waals surface area contributed by atoms with Crippen LogP contribution in [-0.4, -0.2) is 4.57 Å². The van der Waals surface area contributed by atoms with Crippen molar-refractivity contribution in [3.05, 3.63) is 21.3 Å². The predicted molar refractivity (Wildman–Crippen MR) is 64.0 cm³/mol. The van der Waals surface area contributed by atoms with Crippen LogP contribution in [0.1, 0.15) is 32.6 Å². The summed E-state index contributed by atoms with van der Waals surface area (Å²) in [6.45, 7) is 3.36. The molecule has 0 aliphatic rings. The fourth-order valence-corrected chi connectivity index (χ4v) is 2.08. The van der Waals surface area contributed by atoms with Crippen molar-refractivity contribution in [2.75, 3.05) is 0 Å². The first-order chi connectivity index (χ1) is 6.25. The molecule has 0 fully saturated rings. The summed E-state index contributed by atoms with van der Waals surface area (Å²) in [6.07, 6.45) is 7.36. The Morgan fingerprint density at radius 2 is 2.00 bits per heavy atom. The Balaban J connectivity index is 2.32. The molecule has 0 aliphatic heterocycles. The molecule has 1 aromatic heterocycles. The number of rotatable bonds is 5. The summed E-state index contributed by atoms with van der Waals surface area (Å²) in [5.41, 5.74) is 0. The maximum atomic E-state index is 3.54. The van der Waals surface area contributed by atoms with Crippen LogP contribution in [0, 0.1) is 0 Å². The van der Waals surface area contributed by atoms with Gasteiger partial charge in [-0.25, -0.2) is 0 Å². The van der Waals surface area contributed by atoms with Crippen molar-refractivity contribution in [3.8, 4) is 0 Å². The molecule has 0 N–H and O–H groups in total. The van der Waals surface area contributed by atoms with Gasteiger partial charge in [-0.2, -0.15) is 0 Å². The molecule has 13 heavy (non-hydrogen) atoms. The van der Waals surface area contributed by atoms with E-state index in [-0.39, 0.29) is 0 Å². The molecule has 1 nitrogen and oxygen atoms in total. The summed E-state index contributed by atoms with van der Waals surface area (Å²) in [6, 6.07) is 2.07. The number of unbranched alkanes of at least 4 members (excludes halogenated alkanes) is 3. The second-order valence-corrected chi connectivity index (χ2v) is 4.81. The van der Waals surface area contributed by atoms with E-state index < -0.39 is 0 Å². The second kappa shape index (κ2) is 5.86. The van der Waals surface area contributed by atoms with Crippen LogP contribution >= 0.6 is 31.9 Å². The van der Waals surface area contributed by atoms with Gasteiger partial charge in [0.1, 0.15) is 0 Å². The number of nitrogens with zero attached hydrogens (tertiary/aromatic N) is 1. The van der Waals surface area contributed by atoms with Gasteiger partial charge in [0.05, 0.1) is 4.60 Å². The van der Waals surface area contributed by atoms with Crippen molar-refractivity contribution >= 4 is 31.9 Å². The third-order valence-corrected chi connectivity index (χ3v) is 4.16. The highest BCUT2D eigenvalue weighted by Gasteiger charge is 2.01. The van der Waals surface area contributed by atoms with Crippen LogP contribution in [0.25, 0.3) is 0 Å². The molecule has 0 radical (unpaired) electrons. The first kappa shape index (κ1) is 11.3. The molecule has 0 amide bonds. The lowest BCUT2D eigenvalue weighted by molar-refractivity contribution is 0.578. The molecule has 1 heterocycles. The van der Waals surface area contributed by atoms with Crippen molar-refractivity contribution in [1.29, 1.82) is 0 Å². The molecular formula is C10H15Br2N. The van der Waals surface area contributed by atoms with Crippen LogP contribution < -0.4 is 0 Å². The molecule has 0 saturated carbocycles. The monoisotopic (exact) mass is 307 g/mol. The molecule has 0 atom stereocenters. The first-order valence-electron chi connectivity index (χ1n) is 4.76. The van der Waals surface area contributed by atoms with Gasteiger partial charge in [-0.3, -0.25) is 0 Å². The highest BCUT2D eigenvalue weighted by Crippen LogP contribution is 2.24. The number of aryl methyl sites for hydroxylation is 1. The van der Waals surface area contributed by atoms with Gasteiger partial charge in [0.25, 0.3) is 0 Å². The van der Waals surface area contributed by atoms with E-state index in [2.05, 4.69) is 55.6 Å². The third-order valence-electron chi connectivity index (χ3n) is 2.10. The van der Waals surface area contributed by atoms with Crippen LogP contribution in [-0.2, 0) is 6.54 Å². The lowest BCUT2D eigenvalue weighted by Crippen LogP contribution is -1.95. The van der Waals surface area contributed by atoms with Gasteiger partial charge in [-0.1, -0.05) is 26.2 Å². The Morgan fingerprint density at radius 1 is 1.23 bits per heavy atom. The van der Waals surface area contributed by atoms with Gasteiger partial charge in [0.15, 0.2) is 0 Å². The fourth-order valence-electron chi connectivity index (χ4n) is 1.31. The average Bonchev–Trinajstić information content (AvgIpc) is 2.43. The average molecular weight is 309 g/mol. The fraction of sp³-hybridized carbons (Fsp3) is 0.600. The van der Waals surface area contributed by atoms with E-state index in [0.717, 1.165) is 15.6 Å². The smallest absolute Gasteiger partial charge is 0.0990 e. The lowest BCUT2D eigenvalue weighted by atomic mass is 10.2. The van der Waals surface area contributed by atoms with E-state index in [9.17, 15) is 0 Å². The third kappa shape index (κ3) is 3.47. The zero-order valence-electron chi connectivity index (χ0n) is 7.89. The van der Waals surface area contributed by atoms with Crippen molar-refractivity contribution in [1.82, 2.24) is 4.57 Å². The van der Waals surface area contributed by atoms with E-state index in [4.69, 9.17) is 0 Å². The Labute approximate surface area is 96.8 Å². The van der Waals surface area contributed by atoms with Crippen LogP contribution in [0.2, 0.25) is 0 Å². The summed E-state index contributed by atoms with van der Waals surface area (Å²) >= 11 is 7.01. The molecule has 0 aromatic carbocycles. The van der Waals surface area contributed by atoms with E-state index in [1.165, 1.54) is 25.7 Å². The van der Waals surface area contributed by atoms with Crippen LogP contribution in [0.5, 0.6) is 0 Å². The molecule has 0 bridgehead atoms. The van der Waals surface area contributed by atoms with Gasteiger partial charge in [0.2, 0.25) is 0 Å². The number of halogens is 2. The van der Waals surface area contributed by atoms with Gasteiger partial charge < -0.3 is 4.57 Å². The minimum atomic E-state index is 1.12. The molecule has 3 heteroatoms. The van der Waals surface area contributed by atoms with Gasteiger partial charge in [-0.05, 0) is 44.3 Å². The summed E-state index contributed by atoms with van der Waals surface area (Å²) in [5, 5.41) is 0. The molecule has 0 aliphatic carbocycles. The SMILES string of the molecule is CCCCCCn1ccc(Br)c1Br. The molecule has 1 rings (SSSR count). The summed E-state index contributed by atoms with van der Waals surface area (Å²) in [4.78, 5) is 0. The van der Waals surface area contributed by atoms with E-state index >= 15 is 0 Å². The van der Waals surface area contributed by atoms with E-state index in [0.29, 0.717) is 0 Å². The largest absolute Gasteiger partial charge is 0.341 e. The Bertz CT molecular complexity index is 255. The van der Waals surface area contributed by atoms with Gasteiger partial charge in [0, 0.05) is 17.2 Å². The van der Waals surface area contributed by atoms with E-state index in [1.54, 1.807) is 0 Å². The Hall–Kier alpha value is 0.240. The van der Waals surface area contributed by atoms with Gasteiger partial charge >= 0.3 is 0 Å². The summed E-state index contributed by atoms with van der Waals surface area (Å²) in [7, 11) is 0. The van der Waals surface area contributed by atoms with Gasteiger partial charge in [-0.15, -0.1) is 0 Å². The zero-order valence-corrected chi connectivity index (χ0v) is 11.1. The maximum Gasteiger partial charge on any atom is 0.0990 e. The van der Waals surface area contributed by atoms with Crippen molar-refractivity contribution < 1.29 is 0 Å². The minimum Gasteiger partial charge on any atom is -0.341 e. The minimum absolute atomic E-state index is 1.12. The zero-order chi connectivity index (χ0) is 9.68. The number of aromatic nitrogens is 1. The summed E-state index contributed by atoms with van der Waals surface area (Å²) in [5.74, 6) is 0. The van der Waals surface area contributed by atoms with E-state index in [1.807, 2.05) is 0 Å². The Morgan fingerprint density at radius 3 is 2.54 bits per heavy atom. The van der Waals surface area contributed by atoms with Crippen LogP contribution in [0.15, 0.2) is 21.3 Å². The predicted octanol–water partition coefficient (Wildman–Crippen LogP) is 4.59. The molecule has 0 unspecified atom stereocenters. The topological polar surface area (TPSA) is 4.93 Å². The summed E-state index contributed by atoms with van der Waals surface area (Å²) < 4.78 is 4.53. The first-order valence-corrected chi connectivity index (χ1v) is 6.34. The second-order valence-electron chi connectivity index (χ2n) is 3.21. The molecule has 0 saturated heterocycles. The quantitative estimate of drug-likeness (QED) is 0.701. The van der Waals surface area contributed by atoms with Crippen LogP contribution in [0.4, 0.5) is 0 Å². The lowest BCUT2D eigenvalue weighted by Gasteiger charge is -2.04. The highest BCUT2D eigenvalue weighted by atomic mass is 79.9. The highest BCUT2D eigenvalue weighted by molar-refractivity contribution is 9.13. The molecule has 1 aromatic rings. The molecular weight excluding hydrogens is 294 g/mol. The number of hydrogen-bond acceptors (Lipinski definition) is 0. The van der Waals surface area contributed by atoms with Crippen molar-refractivity contribution in [2.24, 2.45) is 0 Å². The molecule has 74 valence electrons. The normalized spacial score (nSPS) is 10.7. The molecule has 0 spiro atoms. The standard InChI is InChI=1S/C10H15Br2N/c1-2-3-4-5-7-13-8-6-9(11)10(13)12/h6,8H,2-5,7H2,1H3. The van der Waals surface area contributed by atoms with Crippen molar-refractivity contribution in [3.63, 3.8) is 0 Å². The van der Waals surface area contributed by atoms with Crippen molar-refractivity contribution in [2.45, 2.75) is 39.2 Å². The Kier molecular flexibility index (Phi) is 5.10. The van der Waals surface area contributed by atoms with Crippen LogP contribution in [0.3, 0.4) is 0 Å².